The van der Waals surface area contributed by atoms with Crippen molar-refractivity contribution in [1.29, 1.82) is 0 Å². The number of halogens is 1. The number of benzene rings is 2. The number of esters is 2. The number of hydrogen-bond acceptors (Lipinski definition) is 5. The molecule has 0 bridgehead atoms. The van der Waals surface area contributed by atoms with Crippen molar-refractivity contribution in [3.63, 3.8) is 0 Å². The number of fused-ring (bicyclic) bond motifs is 3. The molecule has 36 heavy (non-hydrogen) atoms. The zero-order valence-electron chi connectivity index (χ0n) is 20.2. The average Bonchev–Trinajstić information content (AvgIpc) is 3.57. The summed E-state index contributed by atoms with van der Waals surface area (Å²) in [6, 6.07) is 13.5. The van der Waals surface area contributed by atoms with E-state index in [1.165, 1.54) is 24.9 Å². The molecule has 1 aliphatic carbocycles. The minimum atomic E-state index is -0.825. The first kappa shape index (κ1) is 24.4. The zero-order chi connectivity index (χ0) is 25.2. The van der Waals surface area contributed by atoms with Crippen LogP contribution in [0.15, 0.2) is 48.5 Å². The summed E-state index contributed by atoms with van der Waals surface area (Å²) in [7, 11) is 1.32. The predicted molar refractivity (Wildman–Crippen MR) is 136 cm³/mol. The van der Waals surface area contributed by atoms with Gasteiger partial charge in [-0.25, -0.2) is 9.59 Å². The van der Waals surface area contributed by atoms with Gasteiger partial charge in [-0.3, -0.25) is 4.79 Å². The predicted octanol–water partition coefficient (Wildman–Crippen LogP) is 4.77. The first-order valence-electron chi connectivity index (χ1n) is 12.3. The monoisotopic (exact) mass is 508 g/mol. The molecule has 1 aromatic heterocycles. The molecule has 1 saturated carbocycles. The molecular formula is C28H29ClN2O5. The average molecular weight is 509 g/mol. The first-order valence-corrected chi connectivity index (χ1v) is 12.9. The first-order chi connectivity index (χ1) is 17.5. The van der Waals surface area contributed by atoms with Crippen LogP contribution in [0.25, 0.3) is 10.9 Å². The lowest BCUT2D eigenvalue weighted by molar-refractivity contribution is -0.154. The molecule has 1 aliphatic heterocycles. The largest absolute Gasteiger partial charge is 0.467 e. The Bertz CT molecular complexity index is 1280. The summed E-state index contributed by atoms with van der Waals surface area (Å²) in [5.41, 5.74) is 3.91. The summed E-state index contributed by atoms with van der Waals surface area (Å²) in [6.45, 7) is 0.445. The zero-order valence-corrected chi connectivity index (χ0v) is 20.9. The van der Waals surface area contributed by atoms with E-state index in [2.05, 4.69) is 4.98 Å². The summed E-state index contributed by atoms with van der Waals surface area (Å²) in [6.07, 6.45) is 4.91. The second-order valence-electron chi connectivity index (χ2n) is 9.51. The number of nitrogens with zero attached hydrogens (tertiary/aromatic N) is 1. The Labute approximate surface area is 214 Å². The number of hydrogen-bond donors (Lipinski definition) is 1. The van der Waals surface area contributed by atoms with Crippen molar-refractivity contribution in [3.05, 3.63) is 70.9 Å². The van der Waals surface area contributed by atoms with Gasteiger partial charge in [0.25, 0.3) is 0 Å². The molecule has 5 rings (SSSR count). The Kier molecular flexibility index (Phi) is 7.01. The number of ether oxygens (including phenoxy) is 2. The Morgan fingerprint density at radius 1 is 1.06 bits per heavy atom. The molecule has 2 heterocycles. The summed E-state index contributed by atoms with van der Waals surface area (Å²) in [5, 5.41) is 0.997. The van der Waals surface area contributed by atoms with Gasteiger partial charge in [0.1, 0.15) is 11.9 Å². The molecule has 8 heteroatoms. The number of carbonyl (C=O) groups excluding carboxylic acids is 3. The number of amides is 1. The van der Waals surface area contributed by atoms with Crippen LogP contribution in [-0.2, 0) is 25.5 Å². The van der Waals surface area contributed by atoms with Crippen molar-refractivity contribution >= 4 is 40.3 Å². The van der Waals surface area contributed by atoms with Crippen LogP contribution >= 0.6 is 11.6 Å². The van der Waals surface area contributed by atoms with Crippen LogP contribution in [0.2, 0.25) is 0 Å². The number of methoxy groups -OCH3 is 1. The smallest absolute Gasteiger partial charge is 0.338 e. The van der Waals surface area contributed by atoms with Crippen LogP contribution in [0.5, 0.6) is 0 Å². The van der Waals surface area contributed by atoms with Crippen molar-refractivity contribution in [2.24, 2.45) is 5.92 Å². The third-order valence-corrected chi connectivity index (χ3v) is 7.62. The highest BCUT2D eigenvalue weighted by Gasteiger charge is 2.43. The molecule has 188 valence electrons. The molecule has 2 atom stereocenters. The van der Waals surface area contributed by atoms with Crippen molar-refractivity contribution in [2.75, 3.05) is 19.6 Å². The molecule has 1 amide bonds. The molecule has 0 spiro atoms. The third kappa shape index (κ3) is 4.48. The standard InChI is InChI=1S/C28H29ClN2O5/c1-35-28(34)23-14-21-20-8-4-5-9-22(20)30-25(21)26(31(23)24(32)15-29)18-10-12-19(13-11-18)27(33)36-16-17-6-2-3-7-17/h4-5,8-13,17,23,26,30H,2-3,6-7,14-16H2,1H3/t23-,26+/m1/s1. The van der Waals surface area contributed by atoms with Gasteiger partial charge in [-0.05, 0) is 48.1 Å². The fraction of sp³-hybridized carbons (Fsp3) is 0.393. The minimum Gasteiger partial charge on any atom is -0.467 e. The fourth-order valence-electron chi connectivity index (χ4n) is 5.59. The number of para-hydroxylation sites is 1. The number of rotatable bonds is 6. The lowest BCUT2D eigenvalue weighted by Crippen LogP contribution is -2.52. The third-order valence-electron chi connectivity index (χ3n) is 7.39. The van der Waals surface area contributed by atoms with E-state index in [1.807, 2.05) is 24.3 Å². The van der Waals surface area contributed by atoms with E-state index in [4.69, 9.17) is 21.1 Å². The highest BCUT2D eigenvalue weighted by atomic mass is 35.5. The van der Waals surface area contributed by atoms with E-state index in [1.54, 1.807) is 24.3 Å². The molecule has 7 nitrogen and oxygen atoms in total. The lowest BCUT2D eigenvalue weighted by Gasteiger charge is -2.40. The van der Waals surface area contributed by atoms with E-state index in [-0.39, 0.29) is 17.8 Å². The van der Waals surface area contributed by atoms with Crippen LogP contribution < -0.4 is 0 Å². The number of nitrogens with one attached hydrogen (secondary N) is 1. The molecule has 0 unspecified atom stereocenters. The van der Waals surface area contributed by atoms with Gasteiger partial charge in [0.2, 0.25) is 5.91 Å². The van der Waals surface area contributed by atoms with E-state index in [9.17, 15) is 14.4 Å². The van der Waals surface area contributed by atoms with Crippen LogP contribution in [0, 0.1) is 5.92 Å². The van der Waals surface area contributed by atoms with Crippen molar-refractivity contribution in [3.8, 4) is 0 Å². The number of alkyl halides is 1. The van der Waals surface area contributed by atoms with Gasteiger partial charge in [0, 0.05) is 23.0 Å². The maximum Gasteiger partial charge on any atom is 0.338 e. The number of H-pyrrole nitrogens is 1. The Morgan fingerprint density at radius 2 is 1.78 bits per heavy atom. The highest BCUT2D eigenvalue weighted by molar-refractivity contribution is 6.27. The van der Waals surface area contributed by atoms with E-state index in [0.29, 0.717) is 24.5 Å². The molecule has 1 N–H and O–H groups in total. The summed E-state index contributed by atoms with van der Waals surface area (Å²) in [4.78, 5) is 43.5. The Morgan fingerprint density at radius 3 is 2.47 bits per heavy atom. The SMILES string of the molecule is COC(=O)[C@H]1Cc2c([nH]c3ccccc23)[C@H](c2ccc(C(=O)OCC3CCCC3)cc2)N1C(=O)CCl. The summed E-state index contributed by atoms with van der Waals surface area (Å²) < 4.78 is 10.6. The van der Waals surface area contributed by atoms with Gasteiger partial charge in [0.15, 0.2) is 0 Å². The topological polar surface area (TPSA) is 88.7 Å². The molecule has 2 aromatic carbocycles. The second-order valence-corrected chi connectivity index (χ2v) is 9.78. The van der Waals surface area contributed by atoms with Gasteiger partial charge in [-0.1, -0.05) is 43.2 Å². The summed E-state index contributed by atoms with van der Waals surface area (Å²) in [5.74, 6) is -1.06. The number of carbonyl (C=O) groups is 3. The van der Waals surface area contributed by atoms with Gasteiger partial charge in [-0.2, -0.15) is 0 Å². The lowest BCUT2D eigenvalue weighted by atomic mass is 9.87. The molecule has 0 radical (unpaired) electrons. The molecule has 1 fully saturated rings. The maximum absolute atomic E-state index is 13.1. The van der Waals surface area contributed by atoms with Crippen LogP contribution in [0.4, 0.5) is 0 Å². The van der Waals surface area contributed by atoms with Crippen molar-refractivity contribution in [2.45, 2.75) is 44.2 Å². The van der Waals surface area contributed by atoms with Crippen LogP contribution in [0.1, 0.15) is 58.9 Å². The highest BCUT2D eigenvalue weighted by Crippen LogP contribution is 2.41. The van der Waals surface area contributed by atoms with E-state index >= 15 is 0 Å². The minimum absolute atomic E-state index is 0.273. The van der Waals surface area contributed by atoms with E-state index in [0.717, 1.165) is 40.6 Å². The Balaban J connectivity index is 1.52. The maximum atomic E-state index is 13.1. The molecule has 3 aromatic rings. The molecule has 0 saturated heterocycles. The van der Waals surface area contributed by atoms with Crippen LogP contribution in [-0.4, -0.2) is 53.4 Å². The quantitative estimate of drug-likeness (QED) is 0.383. The molecular weight excluding hydrogens is 480 g/mol. The van der Waals surface area contributed by atoms with Crippen LogP contribution in [0.3, 0.4) is 0 Å². The van der Waals surface area contributed by atoms with Gasteiger partial charge in [-0.15, -0.1) is 11.6 Å². The second kappa shape index (κ2) is 10.3. The van der Waals surface area contributed by atoms with Gasteiger partial charge in [0.05, 0.1) is 25.3 Å². The van der Waals surface area contributed by atoms with Gasteiger partial charge < -0.3 is 19.4 Å². The van der Waals surface area contributed by atoms with Crippen molar-refractivity contribution < 1.29 is 23.9 Å². The Hall–Kier alpha value is -3.32. The molecule has 2 aliphatic rings. The summed E-state index contributed by atoms with van der Waals surface area (Å²) >= 11 is 6.00. The number of aromatic amines is 1. The van der Waals surface area contributed by atoms with Crippen molar-refractivity contribution in [1.82, 2.24) is 9.88 Å². The van der Waals surface area contributed by atoms with Gasteiger partial charge >= 0.3 is 11.9 Å². The fourth-order valence-corrected chi connectivity index (χ4v) is 5.73. The normalized spacial score (nSPS) is 19.8. The number of aromatic nitrogens is 1. The van der Waals surface area contributed by atoms with E-state index < -0.39 is 18.1 Å².